The molecule has 3 aromatic carbocycles. The van der Waals surface area contributed by atoms with Gasteiger partial charge in [0.15, 0.2) is 0 Å². The average molecular weight is 572 g/mol. The van der Waals surface area contributed by atoms with Crippen LogP contribution in [-0.4, -0.2) is 19.2 Å². The quantitative estimate of drug-likeness (QED) is 0.175. The Bertz CT molecular complexity index is 1660. The third kappa shape index (κ3) is 4.88. The van der Waals surface area contributed by atoms with Gasteiger partial charge < -0.3 is 10.2 Å². The number of fused-ring (bicyclic) bond motifs is 2. The van der Waals surface area contributed by atoms with Crippen molar-refractivity contribution in [2.45, 2.75) is 11.3 Å². The van der Waals surface area contributed by atoms with Crippen molar-refractivity contribution in [3.05, 3.63) is 100 Å². The van der Waals surface area contributed by atoms with Crippen molar-refractivity contribution in [3.8, 4) is 0 Å². The molecule has 0 saturated heterocycles. The normalized spacial score (nSPS) is 11.3. The van der Waals surface area contributed by atoms with E-state index in [4.69, 9.17) is 15.6 Å². The molecule has 10 heteroatoms. The van der Waals surface area contributed by atoms with Crippen molar-refractivity contribution >= 4 is 71.8 Å². The van der Waals surface area contributed by atoms with Gasteiger partial charge in [-0.1, -0.05) is 42.5 Å². The zero-order valence-electron chi connectivity index (χ0n) is 18.2. The fourth-order valence-corrected chi connectivity index (χ4v) is 5.56. The first-order valence-electron chi connectivity index (χ1n) is 10.3. The molecule has 0 saturated carbocycles. The summed E-state index contributed by atoms with van der Waals surface area (Å²) in [6.45, 7) is 0. The minimum Gasteiger partial charge on any atom is -0.459 e. The topological polar surface area (TPSA) is 122 Å². The number of aromatic nitrogens is 1. The number of hydrogen-bond donors (Lipinski definition) is 3. The Morgan fingerprint density at radius 1 is 1.06 bits per heavy atom. The number of benzene rings is 3. The smallest absolute Gasteiger partial charge is 0.264 e. The van der Waals surface area contributed by atoms with E-state index >= 15 is 0 Å². The third-order valence-electron chi connectivity index (χ3n) is 5.46. The number of nitrogen functional groups attached to an aromatic ring is 1. The van der Waals surface area contributed by atoms with Crippen molar-refractivity contribution in [1.82, 2.24) is 4.98 Å². The summed E-state index contributed by atoms with van der Waals surface area (Å²) < 4.78 is 35.8. The lowest BCUT2D eigenvalue weighted by Gasteiger charge is -2.10. The Morgan fingerprint density at radius 2 is 1.80 bits per heavy atom. The van der Waals surface area contributed by atoms with Gasteiger partial charge in [-0.3, -0.25) is 15.1 Å². The summed E-state index contributed by atoms with van der Waals surface area (Å²) in [5.74, 6) is 0.731. The van der Waals surface area contributed by atoms with Gasteiger partial charge >= 0.3 is 0 Å². The molecule has 0 bridgehead atoms. The second kappa shape index (κ2) is 9.69. The fraction of sp³-hybridized carbons (Fsp3) is 0.0400. The Labute approximate surface area is 216 Å². The molecule has 0 aliphatic heterocycles. The summed E-state index contributed by atoms with van der Waals surface area (Å²) in [6, 6.07) is 21.2. The van der Waals surface area contributed by atoms with Gasteiger partial charge in [-0.05, 0) is 45.8 Å². The first kappa shape index (κ1) is 24.7. The maximum absolute atomic E-state index is 13.1. The van der Waals surface area contributed by atoms with Crippen LogP contribution in [0.2, 0.25) is 0 Å². The molecule has 0 unspecified atom stereocenters. The maximum Gasteiger partial charge on any atom is 0.264 e. The molecule has 5 aromatic rings. The molecule has 5 rings (SSSR count). The molecule has 2 heterocycles. The number of para-hydroxylation sites is 1. The number of sulfonamides is 1. The molecule has 0 radical (unpaired) electrons. The van der Waals surface area contributed by atoms with Gasteiger partial charge in [0.2, 0.25) is 0 Å². The molecule has 0 atom stereocenters. The number of nitrogens with one attached hydrogen (secondary N) is 2. The molecule has 0 amide bonds. The van der Waals surface area contributed by atoms with E-state index in [1.165, 1.54) is 6.07 Å². The van der Waals surface area contributed by atoms with Crippen LogP contribution >= 0.6 is 28.3 Å². The van der Waals surface area contributed by atoms with Crippen LogP contribution < -0.4 is 10.5 Å². The fourth-order valence-electron chi connectivity index (χ4n) is 3.78. The van der Waals surface area contributed by atoms with Gasteiger partial charge in [0, 0.05) is 35.0 Å². The lowest BCUT2D eigenvalue weighted by Crippen LogP contribution is -2.13. The van der Waals surface area contributed by atoms with E-state index in [0.29, 0.717) is 34.5 Å². The first-order valence-corrected chi connectivity index (χ1v) is 12.6. The zero-order chi connectivity index (χ0) is 23.9. The summed E-state index contributed by atoms with van der Waals surface area (Å²) >= 11 is 3.60. The zero-order valence-corrected chi connectivity index (χ0v) is 21.4. The first-order chi connectivity index (χ1) is 16.3. The summed E-state index contributed by atoms with van der Waals surface area (Å²) in [5.41, 5.74) is 8.53. The Kier molecular flexibility index (Phi) is 6.84. The summed E-state index contributed by atoms with van der Waals surface area (Å²) in [7, 11) is -3.87. The van der Waals surface area contributed by atoms with Crippen LogP contribution in [0, 0.1) is 5.41 Å². The number of anilines is 1. The molecule has 4 N–H and O–H groups in total. The predicted molar refractivity (Wildman–Crippen MR) is 144 cm³/mol. The third-order valence-corrected chi connectivity index (χ3v) is 7.75. The highest BCUT2D eigenvalue weighted by molar-refractivity contribution is 9.10. The van der Waals surface area contributed by atoms with Crippen LogP contribution in [-0.2, 0) is 16.4 Å². The van der Waals surface area contributed by atoms with Crippen LogP contribution in [0.1, 0.15) is 16.9 Å². The molecular weight excluding hydrogens is 552 g/mol. The highest BCUT2D eigenvalue weighted by atomic mass is 79.9. The Morgan fingerprint density at radius 3 is 2.54 bits per heavy atom. The van der Waals surface area contributed by atoms with Crippen LogP contribution in [0.25, 0.3) is 21.9 Å². The minimum atomic E-state index is -3.87. The molecule has 0 fully saturated rings. The van der Waals surface area contributed by atoms with Gasteiger partial charge in [0.05, 0.1) is 15.7 Å². The predicted octanol–water partition coefficient (Wildman–Crippen LogP) is 5.84. The van der Waals surface area contributed by atoms with Gasteiger partial charge in [-0.25, -0.2) is 8.42 Å². The van der Waals surface area contributed by atoms with E-state index in [1.54, 1.807) is 42.6 Å². The van der Waals surface area contributed by atoms with Gasteiger partial charge in [0.1, 0.15) is 22.1 Å². The molecular formula is C25H20BrClN4O3S. The number of hydrogen-bond acceptors (Lipinski definition) is 5. The molecule has 2 aromatic heterocycles. The number of rotatable bonds is 6. The number of nitrogens with two attached hydrogens (primary N) is 1. The maximum atomic E-state index is 13.1. The van der Waals surface area contributed by atoms with E-state index in [0.717, 1.165) is 20.8 Å². The van der Waals surface area contributed by atoms with Gasteiger partial charge in [0.25, 0.3) is 10.0 Å². The van der Waals surface area contributed by atoms with Crippen molar-refractivity contribution in [3.63, 3.8) is 0 Å². The second-order valence-electron chi connectivity index (χ2n) is 7.77. The Balaban J connectivity index is 0.00000289. The van der Waals surface area contributed by atoms with E-state index in [9.17, 15) is 8.42 Å². The number of amidine groups is 1. The molecule has 7 nitrogen and oxygen atoms in total. The van der Waals surface area contributed by atoms with E-state index in [1.807, 2.05) is 30.3 Å². The second-order valence-corrected chi connectivity index (χ2v) is 10.2. The summed E-state index contributed by atoms with van der Waals surface area (Å²) in [4.78, 5) is 4.36. The lowest BCUT2D eigenvalue weighted by molar-refractivity contribution is 0.560. The van der Waals surface area contributed by atoms with E-state index in [-0.39, 0.29) is 23.1 Å². The van der Waals surface area contributed by atoms with Crippen molar-refractivity contribution in [2.24, 2.45) is 5.73 Å². The molecule has 0 spiro atoms. The monoisotopic (exact) mass is 570 g/mol. The van der Waals surface area contributed by atoms with Crippen molar-refractivity contribution in [2.75, 3.05) is 4.72 Å². The molecule has 0 aliphatic rings. The summed E-state index contributed by atoms with van der Waals surface area (Å²) in [6.07, 6.45) is 2.10. The van der Waals surface area contributed by atoms with E-state index < -0.39 is 10.0 Å². The Hall–Kier alpha value is -3.40. The molecule has 178 valence electrons. The van der Waals surface area contributed by atoms with Crippen LogP contribution in [0.4, 0.5) is 5.69 Å². The number of pyridine rings is 1. The standard InChI is InChI=1S/C25H19BrN4O3S.ClH/c26-23-19-11-10-18(30-34(31,32)22-5-1-3-16-4-2-12-29-24(16)22)14-20(19)33-21(23)13-15-6-8-17(9-7-15)25(27)28;/h1-12,14,30H,13H2,(H3,27,28);1H. The van der Waals surface area contributed by atoms with Crippen LogP contribution in [0.3, 0.4) is 0 Å². The largest absolute Gasteiger partial charge is 0.459 e. The minimum absolute atomic E-state index is 0. The molecule has 35 heavy (non-hydrogen) atoms. The van der Waals surface area contributed by atoms with Crippen LogP contribution in [0.5, 0.6) is 0 Å². The SMILES string of the molecule is Cl.N=C(N)c1ccc(Cc2oc3cc(NS(=O)(=O)c4cccc5cccnc45)ccc3c2Br)cc1. The lowest BCUT2D eigenvalue weighted by atomic mass is 10.1. The average Bonchev–Trinajstić information content (AvgIpc) is 3.13. The number of furan rings is 1. The number of halogens is 2. The highest BCUT2D eigenvalue weighted by Crippen LogP contribution is 2.34. The van der Waals surface area contributed by atoms with E-state index in [2.05, 4.69) is 25.6 Å². The number of nitrogens with zero attached hydrogens (tertiary/aromatic N) is 1. The summed E-state index contributed by atoms with van der Waals surface area (Å²) in [5, 5.41) is 9.10. The van der Waals surface area contributed by atoms with Crippen molar-refractivity contribution in [1.29, 1.82) is 5.41 Å². The van der Waals surface area contributed by atoms with Crippen LogP contribution in [0.15, 0.2) is 92.8 Å². The van der Waals surface area contributed by atoms with Crippen molar-refractivity contribution < 1.29 is 12.8 Å². The molecule has 0 aliphatic carbocycles. The van der Waals surface area contributed by atoms with Gasteiger partial charge in [-0.2, -0.15) is 0 Å². The highest BCUT2D eigenvalue weighted by Gasteiger charge is 2.20. The van der Waals surface area contributed by atoms with Gasteiger partial charge in [-0.15, -0.1) is 12.4 Å².